The fourth-order valence-electron chi connectivity index (χ4n) is 4.37. The van der Waals surface area contributed by atoms with E-state index in [2.05, 4.69) is 34.9 Å². The van der Waals surface area contributed by atoms with Crippen LogP contribution in [0.3, 0.4) is 0 Å². The molecule has 1 saturated carbocycles. The minimum Gasteiger partial charge on any atom is -0.497 e. The molecule has 1 aromatic carbocycles. The molecule has 1 aliphatic heterocycles. The van der Waals surface area contributed by atoms with Crippen LogP contribution in [0, 0.1) is 11.8 Å². The van der Waals surface area contributed by atoms with Gasteiger partial charge in [0.15, 0.2) is 0 Å². The van der Waals surface area contributed by atoms with Crippen LogP contribution in [0.4, 0.5) is 5.69 Å². The van der Waals surface area contributed by atoms with Gasteiger partial charge < -0.3 is 9.64 Å². The van der Waals surface area contributed by atoms with Gasteiger partial charge in [0.2, 0.25) is 0 Å². The van der Waals surface area contributed by atoms with Gasteiger partial charge in [-0.25, -0.2) is 0 Å². The predicted octanol–water partition coefficient (Wildman–Crippen LogP) is 4.03. The second-order valence-corrected chi connectivity index (χ2v) is 7.20. The molecule has 3 nitrogen and oxygen atoms in total. The van der Waals surface area contributed by atoms with Crippen molar-refractivity contribution in [3.05, 3.63) is 24.3 Å². The van der Waals surface area contributed by atoms with Crippen molar-refractivity contribution in [2.24, 2.45) is 11.8 Å². The van der Waals surface area contributed by atoms with Gasteiger partial charge in [-0.3, -0.25) is 4.90 Å². The molecule has 3 heteroatoms. The number of ether oxygens (including phenoxy) is 1. The van der Waals surface area contributed by atoms with Crippen LogP contribution in [0.2, 0.25) is 0 Å². The van der Waals surface area contributed by atoms with Crippen LogP contribution in [0.15, 0.2) is 24.3 Å². The molecule has 1 aromatic rings. The average Bonchev–Trinajstić information content (AvgIpc) is 3.14. The van der Waals surface area contributed by atoms with Crippen molar-refractivity contribution in [3.8, 4) is 5.75 Å². The molecule has 128 valence electrons. The molecular formula is C20H32N2O. The zero-order valence-electron chi connectivity index (χ0n) is 14.8. The number of piperazine rings is 1. The molecule has 1 unspecified atom stereocenters. The predicted molar refractivity (Wildman–Crippen MR) is 97.4 cm³/mol. The van der Waals surface area contributed by atoms with E-state index in [1.165, 1.54) is 57.4 Å². The third-order valence-corrected chi connectivity index (χ3v) is 5.87. The van der Waals surface area contributed by atoms with Crippen molar-refractivity contribution >= 4 is 5.69 Å². The number of anilines is 1. The Bertz CT molecular complexity index is 476. The molecule has 1 heterocycles. The maximum atomic E-state index is 5.35. The number of benzene rings is 1. The van der Waals surface area contributed by atoms with Crippen LogP contribution in [0.1, 0.15) is 39.0 Å². The summed E-state index contributed by atoms with van der Waals surface area (Å²) in [7, 11) is 1.74. The molecule has 1 saturated heterocycles. The van der Waals surface area contributed by atoms with E-state index in [-0.39, 0.29) is 0 Å². The molecule has 0 spiro atoms. The summed E-state index contributed by atoms with van der Waals surface area (Å²) in [5.74, 6) is 2.87. The SMILES string of the molecule is CCC(CN1CCN(c2cccc(OC)c2)CC1)C1CCCC1. The standard InChI is InChI=1S/C20H32N2O/c1-3-17(18-7-4-5-8-18)16-21-11-13-22(14-12-21)19-9-6-10-20(15-19)23-2/h6,9-10,15,17-18H,3-5,7-8,11-14,16H2,1-2H3. The lowest BCUT2D eigenvalue weighted by molar-refractivity contribution is 0.178. The molecule has 0 amide bonds. The topological polar surface area (TPSA) is 15.7 Å². The first-order valence-electron chi connectivity index (χ1n) is 9.41. The molecule has 2 aliphatic rings. The van der Waals surface area contributed by atoms with Crippen LogP contribution in [0.5, 0.6) is 5.75 Å². The Morgan fingerprint density at radius 3 is 2.52 bits per heavy atom. The van der Waals surface area contributed by atoms with Crippen LogP contribution in [-0.4, -0.2) is 44.7 Å². The number of hydrogen-bond donors (Lipinski definition) is 0. The lowest BCUT2D eigenvalue weighted by Gasteiger charge is -2.38. The van der Waals surface area contributed by atoms with Crippen LogP contribution in [0.25, 0.3) is 0 Å². The van der Waals surface area contributed by atoms with Gasteiger partial charge in [-0.05, 0) is 24.0 Å². The molecule has 0 bridgehead atoms. The molecule has 2 fully saturated rings. The van der Waals surface area contributed by atoms with Crippen LogP contribution in [-0.2, 0) is 0 Å². The van der Waals surface area contributed by atoms with E-state index in [1.807, 2.05) is 6.07 Å². The highest BCUT2D eigenvalue weighted by molar-refractivity contribution is 5.51. The molecular weight excluding hydrogens is 284 g/mol. The van der Waals surface area contributed by atoms with Crippen LogP contribution >= 0.6 is 0 Å². The third-order valence-electron chi connectivity index (χ3n) is 5.87. The Balaban J connectivity index is 1.51. The maximum Gasteiger partial charge on any atom is 0.120 e. The van der Waals surface area contributed by atoms with Crippen molar-refractivity contribution in [2.45, 2.75) is 39.0 Å². The number of methoxy groups -OCH3 is 1. The van der Waals surface area contributed by atoms with Crippen molar-refractivity contribution in [3.63, 3.8) is 0 Å². The molecule has 0 aromatic heterocycles. The van der Waals surface area contributed by atoms with E-state index in [0.29, 0.717) is 0 Å². The summed E-state index contributed by atoms with van der Waals surface area (Å²) in [5.41, 5.74) is 1.30. The monoisotopic (exact) mass is 316 g/mol. The Morgan fingerprint density at radius 2 is 1.87 bits per heavy atom. The quantitative estimate of drug-likeness (QED) is 0.788. The van der Waals surface area contributed by atoms with Gasteiger partial charge in [0.25, 0.3) is 0 Å². The maximum absolute atomic E-state index is 5.35. The Morgan fingerprint density at radius 1 is 1.13 bits per heavy atom. The normalized spacial score (nSPS) is 21.6. The first-order valence-corrected chi connectivity index (χ1v) is 9.41. The fraction of sp³-hybridized carbons (Fsp3) is 0.700. The van der Waals surface area contributed by atoms with Gasteiger partial charge in [-0.15, -0.1) is 0 Å². The van der Waals surface area contributed by atoms with Crippen molar-refractivity contribution in [1.29, 1.82) is 0 Å². The van der Waals surface area contributed by atoms with Gasteiger partial charge in [-0.1, -0.05) is 45.1 Å². The molecule has 0 N–H and O–H groups in total. The summed E-state index contributed by atoms with van der Waals surface area (Å²) < 4.78 is 5.35. The summed E-state index contributed by atoms with van der Waals surface area (Å²) in [6, 6.07) is 8.47. The lowest BCUT2D eigenvalue weighted by atomic mass is 9.88. The average molecular weight is 316 g/mol. The summed E-state index contributed by atoms with van der Waals surface area (Å²) >= 11 is 0. The summed E-state index contributed by atoms with van der Waals surface area (Å²) in [4.78, 5) is 5.19. The van der Waals surface area contributed by atoms with E-state index < -0.39 is 0 Å². The first-order chi connectivity index (χ1) is 11.3. The molecule has 0 radical (unpaired) electrons. The molecule has 3 rings (SSSR count). The second kappa shape index (κ2) is 8.05. The number of hydrogen-bond acceptors (Lipinski definition) is 3. The van der Waals surface area contributed by atoms with E-state index in [0.717, 1.165) is 30.7 Å². The Hall–Kier alpha value is -1.22. The van der Waals surface area contributed by atoms with E-state index in [1.54, 1.807) is 7.11 Å². The smallest absolute Gasteiger partial charge is 0.120 e. The van der Waals surface area contributed by atoms with Crippen molar-refractivity contribution in [2.75, 3.05) is 44.7 Å². The van der Waals surface area contributed by atoms with Crippen molar-refractivity contribution in [1.82, 2.24) is 4.90 Å². The summed E-state index contributed by atoms with van der Waals surface area (Å²) in [6.07, 6.45) is 7.22. The summed E-state index contributed by atoms with van der Waals surface area (Å²) in [5, 5.41) is 0. The highest BCUT2D eigenvalue weighted by atomic mass is 16.5. The van der Waals surface area contributed by atoms with E-state index in [4.69, 9.17) is 4.74 Å². The van der Waals surface area contributed by atoms with Gasteiger partial charge in [-0.2, -0.15) is 0 Å². The summed E-state index contributed by atoms with van der Waals surface area (Å²) in [6.45, 7) is 8.35. The first kappa shape index (κ1) is 16.6. The third kappa shape index (κ3) is 4.20. The van der Waals surface area contributed by atoms with Gasteiger partial charge in [0.1, 0.15) is 5.75 Å². The van der Waals surface area contributed by atoms with Crippen molar-refractivity contribution < 1.29 is 4.74 Å². The number of nitrogens with zero attached hydrogens (tertiary/aromatic N) is 2. The minimum atomic E-state index is 0.917. The lowest BCUT2D eigenvalue weighted by Crippen LogP contribution is -2.48. The zero-order valence-corrected chi connectivity index (χ0v) is 14.8. The van der Waals surface area contributed by atoms with Gasteiger partial charge in [0, 0.05) is 44.5 Å². The van der Waals surface area contributed by atoms with Crippen LogP contribution < -0.4 is 9.64 Å². The zero-order chi connectivity index (χ0) is 16.1. The molecule has 1 aliphatic carbocycles. The fourth-order valence-corrected chi connectivity index (χ4v) is 4.37. The Kier molecular flexibility index (Phi) is 5.82. The van der Waals surface area contributed by atoms with E-state index in [9.17, 15) is 0 Å². The Labute approximate surface area is 141 Å². The van der Waals surface area contributed by atoms with Gasteiger partial charge in [0.05, 0.1) is 7.11 Å². The highest BCUT2D eigenvalue weighted by Gasteiger charge is 2.27. The van der Waals surface area contributed by atoms with E-state index >= 15 is 0 Å². The van der Waals surface area contributed by atoms with Gasteiger partial charge >= 0.3 is 0 Å². The highest BCUT2D eigenvalue weighted by Crippen LogP contribution is 2.33. The minimum absolute atomic E-state index is 0.917. The number of rotatable bonds is 6. The molecule has 23 heavy (non-hydrogen) atoms. The largest absolute Gasteiger partial charge is 0.497 e. The molecule has 1 atom stereocenters. The second-order valence-electron chi connectivity index (χ2n) is 7.20.